The molecule has 1 fully saturated rings. The molecular weight excluding hydrogens is 452 g/mol. The van der Waals surface area contributed by atoms with Gasteiger partial charge in [0.25, 0.3) is 0 Å². The minimum absolute atomic E-state index is 0.145. The highest BCUT2D eigenvalue weighted by Gasteiger charge is 2.49. The number of methoxy groups -OCH3 is 1. The number of nitrogens with two attached hydrogens (primary N) is 1. The molecule has 2 aliphatic rings. The predicted octanol–water partition coefficient (Wildman–Crippen LogP) is 4.09. The van der Waals surface area contributed by atoms with Gasteiger partial charge in [-0.2, -0.15) is 4.98 Å². The third kappa shape index (κ3) is 4.39. The molecule has 0 amide bonds. The van der Waals surface area contributed by atoms with Crippen molar-refractivity contribution in [2.45, 2.75) is 31.6 Å². The quantitative estimate of drug-likeness (QED) is 0.455. The molecule has 0 unspecified atom stereocenters. The number of hydrogen-bond acceptors (Lipinski definition) is 9. The van der Waals surface area contributed by atoms with Gasteiger partial charge in [0.05, 0.1) is 35.6 Å². The van der Waals surface area contributed by atoms with Crippen molar-refractivity contribution in [3.63, 3.8) is 0 Å². The van der Waals surface area contributed by atoms with Crippen LogP contribution in [-0.2, 0) is 5.41 Å². The van der Waals surface area contributed by atoms with E-state index in [0.717, 1.165) is 48.2 Å². The van der Waals surface area contributed by atoms with Gasteiger partial charge in [0.1, 0.15) is 11.6 Å². The first-order valence-electron chi connectivity index (χ1n) is 12.5. The minimum atomic E-state index is 0.145. The largest absolute Gasteiger partial charge is 0.494 e. The third-order valence-electron chi connectivity index (χ3n) is 7.38. The molecule has 1 spiro atoms. The second-order valence-electron chi connectivity index (χ2n) is 10.2. The second-order valence-corrected chi connectivity index (χ2v) is 10.2. The Kier molecular flexibility index (Phi) is 6.34. The number of anilines is 6. The summed E-state index contributed by atoms with van der Waals surface area (Å²) in [5.41, 5.74) is 12.3. The number of likely N-dealkylation sites (N-methyl/N-ethyl adjacent to an activating group) is 2. The standard InChI is InChI=1S/C27H36N8O/c1-18-7-8-21-25(30-18)27(10-6-11-27)17-35(21)24-9-12-29-26(32-24)31-20-15-19(28)22(16-23(20)36-5)34(4)14-13-33(2)3/h7-9,12,15-16H,6,10-11,13-14,17,28H2,1-5H3,(H,29,31,32). The molecule has 0 atom stereocenters. The van der Waals surface area contributed by atoms with Gasteiger partial charge in [0.15, 0.2) is 0 Å². The molecule has 1 aliphatic heterocycles. The number of benzene rings is 1. The van der Waals surface area contributed by atoms with E-state index in [1.807, 2.05) is 25.2 Å². The summed E-state index contributed by atoms with van der Waals surface area (Å²) >= 11 is 0. The first kappa shape index (κ1) is 24.1. The van der Waals surface area contributed by atoms with Gasteiger partial charge in [-0.3, -0.25) is 4.98 Å². The van der Waals surface area contributed by atoms with Crippen molar-refractivity contribution in [3.05, 3.63) is 47.9 Å². The summed E-state index contributed by atoms with van der Waals surface area (Å²) < 4.78 is 5.70. The van der Waals surface area contributed by atoms with E-state index in [1.54, 1.807) is 13.3 Å². The van der Waals surface area contributed by atoms with Gasteiger partial charge in [-0.05, 0) is 58.1 Å². The number of hydrogen-bond donors (Lipinski definition) is 2. The van der Waals surface area contributed by atoms with E-state index in [9.17, 15) is 0 Å². The van der Waals surface area contributed by atoms with Crippen LogP contribution in [0.5, 0.6) is 5.75 Å². The first-order valence-corrected chi connectivity index (χ1v) is 12.5. The SMILES string of the molecule is COc1cc(N(C)CCN(C)C)c(N)cc1Nc1nccc(N2CC3(CCC3)c3nc(C)ccc32)n1. The molecule has 36 heavy (non-hydrogen) atoms. The van der Waals surface area contributed by atoms with E-state index in [1.165, 1.54) is 25.0 Å². The number of nitrogen functional groups attached to an aromatic ring is 1. The lowest BCUT2D eigenvalue weighted by Gasteiger charge is -2.38. The van der Waals surface area contributed by atoms with Gasteiger partial charge in [-0.25, -0.2) is 4.98 Å². The van der Waals surface area contributed by atoms with Crippen LogP contribution in [0.1, 0.15) is 30.7 Å². The van der Waals surface area contributed by atoms with Crippen LogP contribution in [0.2, 0.25) is 0 Å². The number of aryl methyl sites for hydroxylation is 1. The molecule has 0 bridgehead atoms. The van der Waals surface area contributed by atoms with E-state index in [-0.39, 0.29) is 5.41 Å². The van der Waals surface area contributed by atoms with Crippen LogP contribution in [0, 0.1) is 6.92 Å². The average molecular weight is 489 g/mol. The minimum Gasteiger partial charge on any atom is -0.494 e. The van der Waals surface area contributed by atoms with Crippen molar-refractivity contribution in [2.75, 3.05) is 68.7 Å². The van der Waals surface area contributed by atoms with E-state index in [4.69, 9.17) is 20.4 Å². The average Bonchev–Trinajstić information content (AvgIpc) is 3.18. The van der Waals surface area contributed by atoms with Gasteiger partial charge in [-0.1, -0.05) is 6.42 Å². The van der Waals surface area contributed by atoms with Gasteiger partial charge >= 0.3 is 0 Å². The summed E-state index contributed by atoms with van der Waals surface area (Å²) in [6, 6.07) is 10.1. The molecule has 190 valence electrons. The maximum atomic E-state index is 6.45. The number of pyridine rings is 1. The Bertz CT molecular complexity index is 1260. The van der Waals surface area contributed by atoms with Gasteiger partial charge < -0.3 is 30.5 Å². The topological polar surface area (TPSA) is 95.7 Å². The van der Waals surface area contributed by atoms with Crippen LogP contribution >= 0.6 is 0 Å². The number of ether oxygens (including phenoxy) is 1. The number of rotatable bonds is 8. The number of nitrogens with one attached hydrogen (secondary N) is 1. The van der Waals surface area contributed by atoms with Crippen molar-refractivity contribution in [2.24, 2.45) is 0 Å². The van der Waals surface area contributed by atoms with E-state index >= 15 is 0 Å². The van der Waals surface area contributed by atoms with Gasteiger partial charge in [0, 0.05) is 50.1 Å². The number of nitrogens with zero attached hydrogens (tertiary/aromatic N) is 6. The maximum Gasteiger partial charge on any atom is 0.229 e. The molecule has 3 N–H and O–H groups in total. The lowest BCUT2D eigenvalue weighted by atomic mass is 9.67. The van der Waals surface area contributed by atoms with Crippen molar-refractivity contribution in [1.82, 2.24) is 19.9 Å². The fourth-order valence-electron chi connectivity index (χ4n) is 5.16. The Morgan fingerprint density at radius 1 is 1.11 bits per heavy atom. The van der Waals surface area contributed by atoms with Gasteiger partial charge in [0.2, 0.25) is 5.95 Å². The molecule has 9 heteroatoms. The highest BCUT2D eigenvalue weighted by molar-refractivity contribution is 5.79. The zero-order valence-corrected chi connectivity index (χ0v) is 21.9. The summed E-state index contributed by atoms with van der Waals surface area (Å²) in [7, 11) is 7.81. The smallest absolute Gasteiger partial charge is 0.229 e. The van der Waals surface area contributed by atoms with Crippen LogP contribution in [0.3, 0.4) is 0 Å². The molecule has 1 aliphatic carbocycles. The van der Waals surface area contributed by atoms with Crippen LogP contribution in [-0.4, -0.2) is 67.7 Å². The predicted molar refractivity (Wildman–Crippen MR) is 146 cm³/mol. The Hall–Kier alpha value is -3.59. The molecule has 2 aromatic heterocycles. The zero-order chi connectivity index (χ0) is 25.4. The molecule has 1 aromatic carbocycles. The summed E-state index contributed by atoms with van der Waals surface area (Å²) in [5, 5.41) is 3.33. The summed E-state index contributed by atoms with van der Waals surface area (Å²) in [4.78, 5) is 20.8. The monoisotopic (exact) mass is 488 g/mol. The van der Waals surface area contributed by atoms with Gasteiger partial charge in [-0.15, -0.1) is 0 Å². The Labute approximate surface area is 213 Å². The molecule has 9 nitrogen and oxygen atoms in total. The van der Waals surface area contributed by atoms with E-state index < -0.39 is 0 Å². The van der Waals surface area contributed by atoms with Crippen molar-refractivity contribution >= 4 is 34.5 Å². The van der Waals surface area contributed by atoms with Crippen LogP contribution < -0.4 is 25.6 Å². The molecule has 5 rings (SSSR count). The highest BCUT2D eigenvalue weighted by atomic mass is 16.5. The van der Waals surface area contributed by atoms with Crippen LogP contribution in [0.15, 0.2) is 36.5 Å². The Morgan fingerprint density at radius 2 is 1.92 bits per heavy atom. The molecule has 0 radical (unpaired) electrons. The van der Waals surface area contributed by atoms with Crippen molar-refractivity contribution in [1.29, 1.82) is 0 Å². The number of aromatic nitrogens is 3. The Balaban J connectivity index is 1.41. The summed E-state index contributed by atoms with van der Waals surface area (Å²) in [6.07, 6.45) is 5.39. The molecule has 3 aromatic rings. The lowest BCUT2D eigenvalue weighted by molar-refractivity contribution is 0.260. The van der Waals surface area contributed by atoms with Crippen LogP contribution in [0.25, 0.3) is 0 Å². The summed E-state index contributed by atoms with van der Waals surface area (Å²) in [5.74, 6) is 2.04. The second kappa shape index (κ2) is 9.46. The summed E-state index contributed by atoms with van der Waals surface area (Å²) in [6.45, 7) is 4.74. The fraction of sp³-hybridized carbons (Fsp3) is 0.444. The molecule has 0 saturated heterocycles. The van der Waals surface area contributed by atoms with Crippen molar-refractivity contribution in [3.8, 4) is 5.75 Å². The molecule has 1 saturated carbocycles. The lowest BCUT2D eigenvalue weighted by Crippen LogP contribution is -2.38. The number of fused-ring (bicyclic) bond motifs is 2. The first-order chi connectivity index (χ1) is 17.3. The maximum absolute atomic E-state index is 6.45. The molecule has 3 heterocycles. The van der Waals surface area contributed by atoms with Crippen LogP contribution in [0.4, 0.5) is 34.5 Å². The third-order valence-corrected chi connectivity index (χ3v) is 7.38. The highest BCUT2D eigenvalue weighted by Crippen LogP contribution is 2.53. The fourth-order valence-corrected chi connectivity index (χ4v) is 5.16. The van der Waals surface area contributed by atoms with E-state index in [2.05, 4.69) is 58.2 Å². The van der Waals surface area contributed by atoms with E-state index in [0.29, 0.717) is 17.4 Å². The Morgan fingerprint density at radius 3 is 2.61 bits per heavy atom. The van der Waals surface area contributed by atoms with Crippen molar-refractivity contribution < 1.29 is 4.74 Å². The molecular formula is C27H36N8O. The zero-order valence-electron chi connectivity index (χ0n) is 21.9. The normalized spacial score (nSPS) is 15.7.